The van der Waals surface area contributed by atoms with Gasteiger partial charge in [0.15, 0.2) is 0 Å². The molecule has 2 atom stereocenters. The fraction of sp³-hybridized carbons (Fsp3) is 0.909. The van der Waals surface area contributed by atoms with Crippen molar-refractivity contribution in [1.29, 1.82) is 0 Å². The molecule has 100 valence electrons. The summed E-state index contributed by atoms with van der Waals surface area (Å²) in [6.07, 6.45) is -3.97. The normalized spacial score (nSPS) is 26.2. The van der Waals surface area contributed by atoms with E-state index in [2.05, 4.69) is 0 Å². The molecule has 6 heteroatoms. The van der Waals surface area contributed by atoms with E-state index in [1.54, 1.807) is 20.8 Å². The van der Waals surface area contributed by atoms with Gasteiger partial charge in [-0.25, -0.2) is 13.6 Å². The molecule has 1 aliphatic rings. The molecule has 1 aliphatic heterocycles. The first-order valence-corrected chi connectivity index (χ1v) is 5.66. The highest BCUT2D eigenvalue weighted by molar-refractivity contribution is 5.68. The number of amides is 1. The van der Waals surface area contributed by atoms with Crippen molar-refractivity contribution in [2.75, 3.05) is 6.54 Å². The number of aliphatic hydroxyl groups is 1. The smallest absolute Gasteiger partial charge is 0.410 e. The van der Waals surface area contributed by atoms with Crippen molar-refractivity contribution in [3.8, 4) is 0 Å². The summed E-state index contributed by atoms with van der Waals surface area (Å²) in [5.41, 5.74) is -0.709. The van der Waals surface area contributed by atoms with E-state index in [0.29, 0.717) is 6.42 Å². The minimum absolute atomic E-state index is 0.100. The maximum absolute atomic E-state index is 12.8. The molecule has 2 unspecified atom stereocenters. The zero-order chi connectivity index (χ0) is 13.2. The second kappa shape index (κ2) is 5.16. The van der Waals surface area contributed by atoms with E-state index in [4.69, 9.17) is 4.74 Å². The van der Waals surface area contributed by atoms with E-state index in [1.165, 1.54) is 0 Å². The number of carbonyl (C=O) groups excluding carboxylic acids is 1. The summed E-state index contributed by atoms with van der Waals surface area (Å²) in [6, 6.07) is -1.26. The standard InChI is InChI=1S/C11H19F2NO3/c1-11(2,3)17-10(16)14-5-4-7(15)6-8(14)9(12)13/h7-9,15H,4-6H2,1-3H3. The molecule has 0 saturated carbocycles. The predicted octanol–water partition coefficient (Wildman–Crippen LogP) is 2.01. The number of carbonyl (C=O) groups is 1. The number of alkyl halides is 2. The highest BCUT2D eigenvalue weighted by Crippen LogP contribution is 2.24. The Balaban J connectivity index is 2.70. The predicted molar refractivity (Wildman–Crippen MR) is 58.0 cm³/mol. The minimum Gasteiger partial charge on any atom is -0.444 e. The van der Waals surface area contributed by atoms with Crippen LogP contribution in [0.1, 0.15) is 33.6 Å². The minimum atomic E-state index is -2.67. The molecule has 0 aliphatic carbocycles. The van der Waals surface area contributed by atoms with Gasteiger partial charge in [0.05, 0.1) is 12.1 Å². The van der Waals surface area contributed by atoms with E-state index >= 15 is 0 Å². The summed E-state index contributed by atoms with van der Waals surface area (Å²) in [6.45, 7) is 5.15. The lowest BCUT2D eigenvalue weighted by molar-refractivity contribution is -0.0493. The molecule has 1 saturated heterocycles. The average molecular weight is 251 g/mol. The number of halogens is 2. The van der Waals surface area contributed by atoms with Crippen molar-refractivity contribution in [2.45, 2.75) is 57.8 Å². The van der Waals surface area contributed by atoms with Crippen LogP contribution in [-0.4, -0.2) is 46.8 Å². The Morgan fingerprint density at radius 3 is 2.53 bits per heavy atom. The van der Waals surface area contributed by atoms with Gasteiger partial charge in [-0.1, -0.05) is 0 Å². The maximum Gasteiger partial charge on any atom is 0.410 e. The molecule has 0 spiro atoms. The Kier molecular flexibility index (Phi) is 4.30. The summed E-state index contributed by atoms with van der Waals surface area (Å²) < 4.78 is 30.6. The third-order valence-electron chi connectivity index (χ3n) is 2.54. The number of hydrogen-bond donors (Lipinski definition) is 1. The average Bonchev–Trinajstić information content (AvgIpc) is 2.14. The Hall–Kier alpha value is -0.910. The van der Waals surface area contributed by atoms with Crippen molar-refractivity contribution in [3.63, 3.8) is 0 Å². The molecule has 0 aromatic carbocycles. The van der Waals surface area contributed by atoms with Gasteiger partial charge >= 0.3 is 6.09 Å². The number of nitrogens with zero attached hydrogens (tertiary/aromatic N) is 1. The van der Waals surface area contributed by atoms with Crippen LogP contribution in [0, 0.1) is 0 Å². The first-order chi connectivity index (χ1) is 7.70. The number of hydrogen-bond acceptors (Lipinski definition) is 3. The van der Waals surface area contributed by atoms with E-state index in [0.717, 1.165) is 4.90 Å². The van der Waals surface area contributed by atoms with E-state index < -0.39 is 30.3 Å². The molecule has 1 N–H and O–H groups in total. The van der Waals surface area contributed by atoms with Crippen LogP contribution >= 0.6 is 0 Å². The summed E-state index contributed by atoms with van der Waals surface area (Å²) in [5, 5.41) is 9.35. The number of rotatable bonds is 1. The first kappa shape index (κ1) is 14.2. The topological polar surface area (TPSA) is 49.8 Å². The number of ether oxygens (including phenoxy) is 1. The maximum atomic E-state index is 12.8. The molecule has 0 bridgehead atoms. The van der Waals surface area contributed by atoms with Crippen molar-refractivity contribution in [1.82, 2.24) is 4.90 Å². The lowest BCUT2D eigenvalue weighted by Gasteiger charge is -2.37. The van der Waals surface area contributed by atoms with Crippen LogP contribution in [0.15, 0.2) is 0 Å². The van der Waals surface area contributed by atoms with Gasteiger partial charge in [-0.15, -0.1) is 0 Å². The van der Waals surface area contributed by atoms with Crippen LogP contribution in [0.3, 0.4) is 0 Å². The Morgan fingerprint density at radius 2 is 2.06 bits per heavy atom. The third kappa shape index (κ3) is 4.11. The lowest BCUT2D eigenvalue weighted by Crippen LogP contribution is -2.52. The van der Waals surface area contributed by atoms with Gasteiger partial charge < -0.3 is 9.84 Å². The van der Waals surface area contributed by atoms with Gasteiger partial charge in [0, 0.05) is 6.54 Å². The molecule has 1 heterocycles. The molecule has 17 heavy (non-hydrogen) atoms. The zero-order valence-corrected chi connectivity index (χ0v) is 10.3. The third-order valence-corrected chi connectivity index (χ3v) is 2.54. The molecule has 0 aromatic rings. The molecule has 1 rings (SSSR count). The van der Waals surface area contributed by atoms with E-state index in [1.807, 2.05) is 0 Å². The molecular weight excluding hydrogens is 232 g/mol. The highest BCUT2D eigenvalue weighted by atomic mass is 19.3. The fourth-order valence-corrected chi connectivity index (χ4v) is 1.76. The van der Waals surface area contributed by atoms with Gasteiger partial charge in [0.2, 0.25) is 0 Å². The van der Waals surface area contributed by atoms with Crippen LogP contribution in [0.2, 0.25) is 0 Å². The van der Waals surface area contributed by atoms with Crippen LogP contribution in [-0.2, 0) is 4.74 Å². The quantitative estimate of drug-likeness (QED) is 0.775. The number of aliphatic hydroxyl groups excluding tert-OH is 1. The zero-order valence-electron chi connectivity index (χ0n) is 10.3. The van der Waals surface area contributed by atoms with Gasteiger partial charge in [-0.05, 0) is 33.6 Å². The van der Waals surface area contributed by atoms with Crippen LogP contribution in [0.4, 0.5) is 13.6 Å². The first-order valence-electron chi connectivity index (χ1n) is 5.66. The van der Waals surface area contributed by atoms with Crippen LogP contribution in [0.25, 0.3) is 0 Å². The molecular formula is C11H19F2NO3. The van der Waals surface area contributed by atoms with Crippen LogP contribution < -0.4 is 0 Å². The second-order valence-electron chi connectivity index (χ2n) is 5.25. The van der Waals surface area contributed by atoms with Gasteiger partial charge in [0.25, 0.3) is 6.43 Å². The summed E-state index contributed by atoms with van der Waals surface area (Å²) in [5.74, 6) is 0. The molecule has 0 radical (unpaired) electrons. The van der Waals surface area contributed by atoms with Crippen LogP contribution in [0.5, 0.6) is 0 Å². The number of piperidine rings is 1. The largest absolute Gasteiger partial charge is 0.444 e. The summed E-state index contributed by atoms with van der Waals surface area (Å²) >= 11 is 0. The Morgan fingerprint density at radius 1 is 1.47 bits per heavy atom. The molecule has 1 amide bonds. The summed E-state index contributed by atoms with van der Waals surface area (Å²) in [7, 11) is 0. The van der Waals surface area contributed by atoms with Gasteiger partial charge in [0.1, 0.15) is 5.60 Å². The molecule has 1 fully saturated rings. The van der Waals surface area contributed by atoms with Crippen molar-refractivity contribution < 1.29 is 23.4 Å². The van der Waals surface area contributed by atoms with Crippen molar-refractivity contribution in [3.05, 3.63) is 0 Å². The van der Waals surface area contributed by atoms with E-state index in [-0.39, 0.29) is 13.0 Å². The fourth-order valence-electron chi connectivity index (χ4n) is 1.76. The van der Waals surface area contributed by atoms with Gasteiger partial charge in [-0.2, -0.15) is 0 Å². The number of likely N-dealkylation sites (tertiary alicyclic amines) is 1. The Labute approximate surface area is 99.5 Å². The monoisotopic (exact) mass is 251 g/mol. The lowest BCUT2D eigenvalue weighted by atomic mass is 10.0. The second-order valence-corrected chi connectivity index (χ2v) is 5.25. The van der Waals surface area contributed by atoms with Gasteiger partial charge in [-0.3, -0.25) is 4.90 Å². The SMILES string of the molecule is CC(C)(C)OC(=O)N1CCC(O)CC1C(F)F. The van der Waals surface area contributed by atoms with Crippen molar-refractivity contribution in [2.24, 2.45) is 0 Å². The summed E-state index contributed by atoms with van der Waals surface area (Å²) in [4.78, 5) is 12.7. The Bertz CT molecular complexity index is 278. The van der Waals surface area contributed by atoms with Crippen molar-refractivity contribution >= 4 is 6.09 Å². The molecule has 0 aromatic heterocycles. The van der Waals surface area contributed by atoms with E-state index in [9.17, 15) is 18.7 Å². The molecule has 4 nitrogen and oxygen atoms in total. The highest BCUT2D eigenvalue weighted by Gasteiger charge is 2.38.